The predicted octanol–water partition coefficient (Wildman–Crippen LogP) is 3.95. The maximum Gasteiger partial charge on any atom is 0.354 e. The number of aromatic nitrogens is 2. The van der Waals surface area contributed by atoms with Gasteiger partial charge in [0.15, 0.2) is 4.90 Å². The van der Waals surface area contributed by atoms with Crippen LogP contribution >= 0.6 is 0 Å². The molecule has 2 unspecified atom stereocenters. The zero-order valence-corrected chi connectivity index (χ0v) is 15.8. The van der Waals surface area contributed by atoms with E-state index in [0.29, 0.717) is 6.42 Å². The summed E-state index contributed by atoms with van der Waals surface area (Å²) in [6.07, 6.45) is 8.13. The summed E-state index contributed by atoms with van der Waals surface area (Å²) in [5, 5.41) is 9.69. The number of nitrogens with zero attached hydrogens (tertiary/aromatic N) is 2. The molecule has 2 heterocycles. The monoisotopic (exact) mass is 372 g/mol. The predicted molar refractivity (Wildman–Crippen MR) is 100.0 cm³/mol. The Hall–Kier alpha value is -1.79. The van der Waals surface area contributed by atoms with Gasteiger partial charge in [0.05, 0.1) is 12.2 Å². The van der Waals surface area contributed by atoms with Crippen LogP contribution in [0.1, 0.15) is 73.4 Å². The van der Waals surface area contributed by atoms with Crippen molar-refractivity contribution < 1.29 is 14.5 Å². The lowest BCUT2D eigenvalue weighted by Gasteiger charge is -2.45. The first-order valence-corrected chi connectivity index (χ1v) is 10.5. The second-order valence-electron chi connectivity index (χ2n) is 7.36. The number of fused-ring (bicyclic) bond motifs is 1. The Morgan fingerprint density at radius 1 is 1.35 bits per heavy atom. The Bertz CT molecular complexity index is 826. The molecule has 1 fully saturated rings. The molecule has 1 N–H and O–H groups in total. The zero-order valence-electron chi connectivity index (χ0n) is 15.0. The van der Waals surface area contributed by atoms with Gasteiger partial charge in [-0.3, -0.25) is 0 Å². The topological polar surface area (TPSA) is 78.2 Å². The maximum atomic E-state index is 13.5. The van der Waals surface area contributed by atoms with E-state index in [1.54, 1.807) is 0 Å². The molecule has 0 amide bonds. The van der Waals surface area contributed by atoms with E-state index in [2.05, 4.69) is 4.98 Å². The summed E-state index contributed by atoms with van der Waals surface area (Å²) < 4.78 is 15.1. The molecule has 1 aromatic carbocycles. The first kappa shape index (κ1) is 17.6. The van der Waals surface area contributed by atoms with Crippen molar-refractivity contribution in [2.45, 2.75) is 67.6 Å². The van der Waals surface area contributed by atoms with E-state index in [1.165, 1.54) is 12.6 Å². The number of carboxylic acids is 1. The van der Waals surface area contributed by atoms with E-state index in [1.807, 2.05) is 35.8 Å². The summed E-state index contributed by atoms with van der Waals surface area (Å²) in [7, 11) is 0. The molecule has 1 saturated carbocycles. The number of imidazole rings is 1. The molecule has 26 heavy (non-hydrogen) atoms. The first-order valence-electron chi connectivity index (χ1n) is 9.37. The van der Waals surface area contributed by atoms with E-state index in [0.717, 1.165) is 48.4 Å². The number of aromatic carboxylic acids is 1. The molecular formula is C20H24N2O3S. The van der Waals surface area contributed by atoms with Gasteiger partial charge < -0.3 is 14.2 Å². The molecule has 0 bridgehead atoms. The van der Waals surface area contributed by atoms with Crippen LogP contribution in [0, 0.1) is 0 Å². The van der Waals surface area contributed by atoms with E-state index < -0.39 is 17.1 Å². The van der Waals surface area contributed by atoms with Gasteiger partial charge >= 0.3 is 5.97 Å². The molecule has 6 heteroatoms. The third-order valence-corrected chi connectivity index (χ3v) is 8.05. The number of hydrogen-bond acceptors (Lipinski definition) is 3. The molecule has 2 aromatic rings. The summed E-state index contributed by atoms with van der Waals surface area (Å²) in [6, 6.07) is 7.72. The Morgan fingerprint density at radius 2 is 2.08 bits per heavy atom. The number of aryl methyl sites for hydroxylation is 1. The summed E-state index contributed by atoms with van der Waals surface area (Å²) in [4.78, 5) is 17.1. The SMILES string of the molecule is CCc1ncc(C(=O)O)n1C1CC2(CCCCC2)[S+]([O-])c2ccccc21. The third kappa shape index (κ3) is 2.67. The quantitative estimate of drug-likeness (QED) is 0.828. The molecule has 1 spiro atoms. The van der Waals surface area contributed by atoms with Crippen molar-refractivity contribution in [3.63, 3.8) is 0 Å². The second kappa shape index (κ2) is 6.74. The summed E-state index contributed by atoms with van der Waals surface area (Å²) >= 11 is -1.05. The van der Waals surface area contributed by atoms with Gasteiger partial charge in [-0.2, -0.15) is 0 Å². The van der Waals surface area contributed by atoms with E-state index in [9.17, 15) is 14.5 Å². The van der Waals surface area contributed by atoms with Crippen molar-refractivity contribution in [1.29, 1.82) is 0 Å². The lowest BCUT2D eigenvalue weighted by Crippen LogP contribution is -2.47. The highest BCUT2D eigenvalue weighted by molar-refractivity contribution is 7.93. The molecule has 4 rings (SSSR count). The van der Waals surface area contributed by atoms with Crippen molar-refractivity contribution >= 4 is 17.1 Å². The lowest BCUT2D eigenvalue weighted by atomic mass is 9.81. The van der Waals surface area contributed by atoms with Crippen LogP contribution in [0.25, 0.3) is 0 Å². The van der Waals surface area contributed by atoms with Crippen molar-refractivity contribution in [2.24, 2.45) is 0 Å². The fourth-order valence-electron chi connectivity index (χ4n) is 4.68. The smallest absolute Gasteiger partial charge is 0.354 e. The second-order valence-corrected chi connectivity index (χ2v) is 9.20. The van der Waals surface area contributed by atoms with Gasteiger partial charge in [-0.05, 0) is 42.9 Å². The fraction of sp³-hybridized carbons (Fsp3) is 0.500. The number of hydrogen-bond donors (Lipinski definition) is 1. The normalized spacial score (nSPS) is 24.4. The van der Waals surface area contributed by atoms with E-state index in [-0.39, 0.29) is 16.5 Å². The van der Waals surface area contributed by atoms with Crippen LogP contribution in [-0.4, -0.2) is 29.9 Å². The zero-order chi connectivity index (χ0) is 18.3. The van der Waals surface area contributed by atoms with Gasteiger partial charge in [0, 0.05) is 18.4 Å². The first-order chi connectivity index (χ1) is 12.6. The summed E-state index contributed by atoms with van der Waals surface area (Å²) in [6.45, 7) is 1.99. The van der Waals surface area contributed by atoms with Crippen LogP contribution in [0.4, 0.5) is 0 Å². The number of carboxylic acid groups (broad SMARTS) is 1. The largest absolute Gasteiger partial charge is 0.611 e. The minimum Gasteiger partial charge on any atom is -0.611 e. The molecular weight excluding hydrogens is 348 g/mol. The van der Waals surface area contributed by atoms with Gasteiger partial charge in [-0.1, -0.05) is 31.5 Å². The average Bonchev–Trinajstić information content (AvgIpc) is 3.10. The van der Waals surface area contributed by atoms with Gasteiger partial charge in [0.25, 0.3) is 0 Å². The molecule has 5 nitrogen and oxygen atoms in total. The maximum absolute atomic E-state index is 13.5. The fourth-order valence-corrected chi connectivity index (χ4v) is 6.73. The Balaban J connectivity index is 1.90. The molecule has 1 aliphatic carbocycles. The molecule has 138 valence electrons. The van der Waals surface area contributed by atoms with Crippen LogP contribution in [0.2, 0.25) is 0 Å². The highest BCUT2D eigenvalue weighted by Crippen LogP contribution is 2.51. The Labute approximate surface area is 156 Å². The highest BCUT2D eigenvalue weighted by Gasteiger charge is 2.51. The van der Waals surface area contributed by atoms with E-state index >= 15 is 0 Å². The summed E-state index contributed by atoms with van der Waals surface area (Å²) in [5.74, 6) is -0.181. The minimum absolute atomic E-state index is 0.120. The Kier molecular flexibility index (Phi) is 4.57. The average molecular weight is 372 g/mol. The molecule has 0 saturated heterocycles. The minimum atomic E-state index is -1.05. The van der Waals surface area contributed by atoms with Crippen LogP contribution < -0.4 is 0 Å². The highest BCUT2D eigenvalue weighted by atomic mass is 32.2. The van der Waals surface area contributed by atoms with Crippen molar-refractivity contribution in [2.75, 3.05) is 0 Å². The van der Waals surface area contributed by atoms with E-state index in [4.69, 9.17) is 0 Å². The number of carbonyl (C=O) groups is 1. The summed E-state index contributed by atoms with van der Waals surface area (Å²) in [5.41, 5.74) is 1.21. The molecule has 1 aliphatic heterocycles. The molecule has 2 atom stereocenters. The van der Waals surface area contributed by atoms with Crippen molar-refractivity contribution in [3.05, 3.63) is 47.5 Å². The van der Waals surface area contributed by atoms with Crippen molar-refractivity contribution in [1.82, 2.24) is 9.55 Å². The molecule has 0 radical (unpaired) electrons. The molecule has 2 aliphatic rings. The lowest BCUT2D eigenvalue weighted by molar-refractivity contribution is 0.0682. The third-order valence-electron chi connectivity index (χ3n) is 5.92. The number of benzene rings is 1. The number of rotatable bonds is 3. The van der Waals surface area contributed by atoms with Gasteiger partial charge in [0.2, 0.25) is 0 Å². The molecule has 1 aromatic heterocycles. The van der Waals surface area contributed by atoms with Gasteiger partial charge in [-0.15, -0.1) is 0 Å². The van der Waals surface area contributed by atoms with Crippen molar-refractivity contribution in [3.8, 4) is 0 Å². The van der Waals surface area contributed by atoms with Gasteiger partial charge in [0.1, 0.15) is 16.3 Å². The van der Waals surface area contributed by atoms with Crippen LogP contribution in [0.3, 0.4) is 0 Å². The Morgan fingerprint density at radius 3 is 2.77 bits per heavy atom. The van der Waals surface area contributed by atoms with Crippen LogP contribution in [0.15, 0.2) is 35.4 Å². The van der Waals surface area contributed by atoms with Crippen LogP contribution in [0.5, 0.6) is 0 Å². The van der Waals surface area contributed by atoms with Crippen LogP contribution in [-0.2, 0) is 17.6 Å². The standard InChI is InChI=1S/C20H24N2O3S/c1-2-18-21-13-16(19(23)24)22(18)15-12-20(10-6-3-7-11-20)26(25)17-9-5-4-8-14(15)17/h4-5,8-9,13,15H,2-3,6-7,10-12H2,1H3,(H,23,24). The van der Waals surface area contributed by atoms with Gasteiger partial charge in [-0.25, -0.2) is 9.78 Å².